The molecule has 0 radical (unpaired) electrons. The van der Waals surface area contributed by atoms with Gasteiger partial charge in [0.2, 0.25) is 0 Å². The number of rotatable bonds is 3. The molecule has 0 aliphatic carbocycles. The van der Waals surface area contributed by atoms with Crippen LogP contribution in [0.5, 0.6) is 0 Å². The number of carbonyl (C=O) groups is 1. The Morgan fingerprint density at radius 2 is 2.11 bits per heavy atom. The molecule has 2 N–H and O–H groups in total. The maximum Gasteiger partial charge on any atom is 0.354 e. The number of aromatic nitrogens is 1. The van der Waals surface area contributed by atoms with E-state index in [4.69, 9.17) is 16.7 Å². The van der Waals surface area contributed by atoms with Crippen molar-refractivity contribution >= 4 is 29.1 Å². The highest BCUT2D eigenvalue weighted by Gasteiger charge is 2.05. The summed E-state index contributed by atoms with van der Waals surface area (Å²) in [6.07, 6.45) is 0. The van der Waals surface area contributed by atoms with Crippen LogP contribution < -0.4 is 5.32 Å². The average Bonchev–Trinajstić information content (AvgIpc) is 2.34. The minimum Gasteiger partial charge on any atom is -0.477 e. The van der Waals surface area contributed by atoms with E-state index in [-0.39, 0.29) is 5.69 Å². The third kappa shape index (κ3) is 2.78. The van der Waals surface area contributed by atoms with Gasteiger partial charge in [-0.1, -0.05) is 23.7 Å². The molecule has 2 rings (SSSR count). The van der Waals surface area contributed by atoms with Crippen molar-refractivity contribution in [2.75, 3.05) is 5.32 Å². The summed E-state index contributed by atoms with van der Waals surface area (Å²) < 4.78 is 0. The average molecular weight is 263 g/mol. The van der Waals surface area contributed by atoms with Crippen LogP contribution >= 0.6 is 11.6 Å². The summed E-state index contributed by atoms with van der Waals surface area (Å²) in [6.45, 7) is 1.91. The molecule has 0 aliphatic heterocycles. The number of carboxylic acids is 1. The minimum atomic E-state index is -1.06. The zero-order valence-corrected chi connectivity index (χ0v) is 10.4. The Kier molecular flexibility index (Phi) is 3.48. The number of hydrogen-bond donors (Lipinski definition) is 2. The van der Waals surface area contributed by atoms with Gasteiger partial charge in [0.1, 0.15) is 5.82 Å². The number of benzene rings is 1. The fourth-order valence-electron chi connectivity index (χ4n) is 1.44. The largest absolute Gasteiger partial charge is 0.477 e. The van der Waals surface area contributed by atoms with E-state index in [1.54, 1.807) is 18.2 Å². The van der Waals surface area contributed by atoms with Crippen LogP contribution in [0.3, 0.4) is 0 Å². The van der Waals surface area contributed by atoms with Crippen molar-refractivity contribution in [2.24, 2.45) is 0 Å². The van der Waals surface area contributed by atoms with Gasteiger partial charge in [0.25, 0.3) is 0 Å². The van der Waals surface area contributed by atoms with Gasteiger partial charge in [0.15, 0.2) is 5.69 Å². The Balaban J connectivity index is 2.25. The number of pyridine rings is 1. The zero-order chi connectivity index (χ0) is 13.1. The number of halogens is 1. The molecule has 0 bridgehead atoms. The number of aryl methyl sites for hydroxylation is 1. The molecule has 0 unspecified atom stereocenters. The van der Waals surface area contributed by atoms with Gasteiger partial charge in [-0.05, 0) is 36.8 Å². The normalized spacial score (nSPS) is 10.1. The van der Waals surface area contributed by atoms with Crippen LogP contribution in [0.4, 0.5) is 11.5 Å². The molecule has 0 saturated carbocycles. The number of nitrogens with zero attached hydrogens (tertiary/aromatic N) is 1. The van der Waals surface area contributed by atoms with E-state index in [2.05, 4.69) is 10.3 Å². The van der Waals surface area contributed by atoms with Crippen LogP contribution in [0, 0.1) is 6.92 Å². The molecule has 0 aliphatic rings. The van der Waals surface area contributed by atoms with E-state index >= 15 is 0 Å². The quantitative estimate of drug-likeness (QED) is 0.889. The maximum atomic E-state index is 10.8. The molecular formula is C13H11ClN2O2. The summed E-state index contributed by atoms with van der Waals surface area (Å²) in [7, 11) is 0. The van der Waals surface area contributed by atoms with E-state index in [0.29, 0.717) is 10.8 Å². The lowest BCUT2D eigenvalue weighted by Crippen LogP contribution is -2.02. The summed E-state index contributed by atoms with van der Waals surface area (Å²) in [5.41, 5.74) is 1.74. The Morgan fingerprint density at radius 1 is 1.33 bits per heavy atom. The van der Waals surface area contributed by atoms with Gasteiger partial charge in [-0.2, -0.15) is 0 Å². The van der Waals surface area contributed by atoms with Crippen molar-refractivity contribution in [3.63, 3.8) is 0 Å². The first-order valence-corrected chi connectivity index (χ1v) is 5.67. The first kappa shape index (κ1) is 12.4. The van der Waals surface area contributed by atoms with Gasteiger partial charge in [0, 0.05) is 10.7 Å². The lowest BCUT2D eigenvalue weighted by molar-refractivity contribution is 0.0690. The smallest absolute Gasteiger partial charge is 0.354 e. The Morgan fingerprint density at radius 3 is 2.78 bits per heavy atom. The predicted molar refractivity (Wildman–Crippen MR) is 70.7 cm³/mol. The minimum absolute atomic E-state index is 0.00166. The molecule has 0 fully saturated rings. The first-order chi connectivity index (χ1) is 8.56. The van der Waals surface area contributed by atoms with Crippen molar-refractivity contribution in [3.8, 4) is 0 Å². The monoisotopic (exact) mass is 262 g/mol. The SMILES string of the molecule is Cc1ccc(Nc2cccc(C(=O)O)n2)cc1Cl. The molecule has 92 valence electrons. The van der Waals surface area contributed by atoms with Gasteiger partial charge >= 0.3 is 5.97 Å². The number of aromatic carboxylic acids is 1. The molecule has 1 aromatic carbocycles. The van der Waals surface area contributed by atoms with E-state index in [9.17, 15) is 4.79 Å². The molecular weight excluding hydrogens is 252 g/mol. The lowest BCUT2D eigenvalue weighted by Gasteiger charge is -2.07. The third-order valence-electron chi connectivity index (χ3n) is 2.41. The Hall–Kier alpha value is -2.07. The van der Waals surface area contributed by atoms with E-state index < -0.39 is 5.97 Å². The molecule has 0 saturated heterocycles. The highest BCUT2D eigenvalue weighted by molar-refractivity contribution is 6.31. The Bertz CT molecular complexity index is 599. The fourth-order valence-corrected chi connectivity index (χ4v) is 1.62. The van der Waals surface area contributed by atoms with Crippen molar-refractivity contribution < 1.29 is 9.90 Å². The summed E-state index contributed by atoms with van der Waals surface area (Å²) in [5, 5.41) is 12.5. The van der Waals surface area contributed by atoms with Crippen molar-refractivity contribution in [1.82, 2.24) is 4.98 Å². The predicted octanol–water partition coefficient (Wildman–Crippen LogP) is 3.49. The van der Waals surface area contributed by atoms with E-state index in [1.807, 2.05) is 19.1 Å². The topological polar surface area (TPSA) is 62.2 Å². The summed E-state index contributed by atoms with van der Waals surface area (Å²) in [4.78, 5) is 14.8. The summed E-state index contributed by atoms with van der Waals surface area (Å²) in [6, 6.07) is 10.3. The molecule has 0 amide bonds. The highest BCUT2D eigenvalue weighted by atomic mass is 35.5. The Labute approximate surface area is 109 Å². The van der Waals surface area contributed by atoms with Gasteiger partial charge in [-0.25, -0.2) is 9.78 Å². The molecule has 2 aromatic rings. The van der Waals surface area contributed by atoms with Gasteiger partial charge in [-0.3, -0.25) is 0 Å². The van der Waals surface area contributed by atoms with E-state index in [1.165, 1.54) is 6.07 Å². The molecule has 18 heavy (non-hydrogen) atoms. The van der Waals surface area contributed by atoms with Gasteiger partial charge < -0.3 is 10.4 Å². The van der Waals surface area contributed by atoms with Gasteiger partial charge in [0.05, 0.1) is 0 Å². The molecule has 5 heteroatoms. The lowest BCUT2D eigenvalue weighted by atomic mass is 10.2. The molecule has 0 spiro atoms. The van der Waals surface area contributed by atoms with Crippen LogP contribution in [0.25, 0.3) is 0 Å². The van der Waals surface area contributed by atoms with Crippen molar-refractivity contribution in [2.45, 2.75) is 6.92 Å². The van der Waals surface area contributed by atoms with Crippen LogP contribution in [0.15, 0.2) is 36.4 Å². The number of carboxylic acid groups (broad SMARTS) is 1. The molecule has 1 aromatic heterocycles. The maximum absolute atomic E-state index is 10.8. The van der Waals surface area contributed by atoms with E-state index in [0.717, 1.165) is 11.3 Å². The van der Waals surface area contributed by atoms with Crippen LogP contribution in [0.2, 0.25) is 5.02 Å². The highest BCUT2D eigenvalue weighted by Crippen LogP contribution is 2.22. The van der Waals surface area contributed by atoms with Crippen molar-refractivity contribution in [1.29, 1.82) is 0 Å². The van der Waals surface area contributed by atoms with Crippen LogP contribution in [-0.2, 0) is 0 Å². The number of hydrogen-bond acceptors (Lipinski definition) is 3. The number of nitrogens with one attached hydrogen (secondary N) is 1. The standard InChI is InChI=1S/C13H11ClN2O2/c1-8-5-6-9(7-10(8)14)15-12-4-2-3-11(16-12)13(17)18/h2-7H,1H3,(H,15,16)(H,17,18). The zero-order valence-electron chi connectivity index (χ0n) is 9.64. The van der Waals surface area contributed by atoms with Gasteiger partial charge in [-0.15, -0.1) is 0 Å². The van der Waals surface area contributed by atoms with Crippen molar-refractivity contribution in [3.05, 3.63) is 52.7 Å². The third-order valence-corrected chi connectivity index (χ3v) is 2.82. The molecule has 4 nitrogen and oxygen atoms in total. The van der Waals surface area contributed by atoms with Crippen LogP contribution in [-0.4, -0.2) is 16.1 Å². The molecule has 0 atom stereocenters. The molecule has 1 heterocycles. The second-order valence-electron chi connectivity index (χ2n) is 3.80. The fraction of sp³-hybridized carbons (Fsp3) is 0.0769. The number of anilines is 2. The second kappa shape index (κ2) is 5.06. The second-order valence-corrected chi connectivity index (χ2v) is 4.21. The first-order valence-electron chi connectivity index (χ1n) is 5.30. The summed E-state index contributed by atoms with van der Waals surface area (Å²) in [5.74, 6) is -0.588. The summed E-state index contributed by atoms with van der Waals surface area (Å²) >= 11 is 6.01. The van der Waals surface area contributed by atoms with Crippen LogP contribution in [0.1, 0.15) is 16.1 Å².